The first-order valence-corrected chi connectivity index (χ1v) is 10.3. The average Bonchev–Trinajstić information content (AvgIpc) is 2.61. The quantitative estimate of drug-likeness (QED) is 0.226. The van der Waals surface area contributed by atoms with Gasteiger partial charge < -0.3 is 10.4 Å². The topological polar surface area (TPSA) is 69.9 Å². The first-order valence-electron chi connectivity index (χ1n) is 8.91. The molecule has 1 aromatic heterocycles. The van der Waals surface area contributed by atoms with Crippen LogP contribution in [0.5, 0.6) is 0 Å². The summed E-state index contributed by atoms with van der Waals surface area (Å²) in [4.78, 5) is 4.40. The first-order chi connectivity index (χ1) is 12.6. The van der Waals surface area contributed by atoms with Gasteiger partial charge in [0.1, 0.15) is 0 Å². The molecule has 0 atom stereocenters. The van der Waals surface area contributed by atoms with Crippen LogP contribution in [0.15, 0.2) is 54.1 Å². The Morgan fingerprint density at radius 2 is 1.71 bits per heavy atom. The molecular formula is C22H33N2O2PRu. The molecule has 0 aliphatic carbocycles. The Labute approximate surface area is 186 Å². The summed E-state index contributed by atoms with van der Waals surface area (Å²) in [6.45, 7) is 20.0. The third-order valence-electron chi connectivity index (χ3n) is 3.40. The van der Waals surface area contributed by atoms with Crippen LogP contribution in [0.1, 0.15) is 55.6 Å². The minimum Gasteiger partial charge on any atom is 0 e. The molecule has 0 unspecified atom stereocenters. The smallest absolute Gasteiger partial charge is 0 e. The monoisotopic (exact) mass is 490 g/mol. The van der Waals surface area contributed by atoms with Gasteiger partial charge in [0.2, 0.25) is 0 Å². The van der Waals surface area contributed by atoms with Crippen molar-refractivity contribution in [3.05, 3.63) is 71.8 Å². The zero-order valence-corrected chi connectivity index (χ0v) is 20.5. The second-order valence-corrected chi connectivity index (χ2v) is 11.5. The third-order valence-corrected chi connectivity index (χ3v) is 6.82. The summed E-state index contributed by atoms with van der Waals surface area (Å²) >= 11 is 0. The second-order valence-electron chi connectivity index (χ2n) is 7.79. The maximum atomic E-state index is 8.93. The molecule has 1 aliphatic rings. The SMILES string of the molecule is CC(C)(C)P(/C=C1/C=CC=C(c2ccccn2)[N-]1)C(C)(C)C.CC[O-].[C-]#[O+].[HH].[Ru+2]. The molecule has 2 heterocycles. The summed E-state index contributed by atoms with van der Waals surface area (Å²) in [5.74, 6) is 2.38. The number of hydrogen-bond donors (Lipinski definition) is 0. The Kier molecular flexibility index (Phi) is 14.6. The molecule has 4 nitrogen and oxygen atoms in total. The van der Waals surface area contributed by atoms with Crippen LogP contribution in [0.4, 0.5) is 0 Å². The van der Waals surface area contributed by atoms with Gasteiger partial charge in [-0.15, -0.1) is 18.0 Å². The van der Waals surface area contributed by atoms with Crippen molar-refractivity contribution < 1.29 is 30.7 Å². The molecule has 0 fully saturated rings. The summed E-state index contributed by atoms with van der Waals surface area (Å²) in [5.41, 5.74) is 2.92. The van der Waals surface area contributed by atoms with E-state index in [0.717, 1.165) is 17.1 Å². The Morgan fingerprint density at radius 1 is 1.18 bits per heavy atom. The molecule has 28 heavy (non-hydrogen) atoms. The number of aromatic nitrogens is 1. The van der Waals surface area contributed by atoms with E-state index in [1.165, 1.54) is 0 Å². The standard InChI is InChI=1S/C19H26N2P.C2H5O.CO.Ru.H2/c1-18(2,3)22(19(4,5)6)14-15-10-9-12-17(21-15)16-11-7-8-13-20-16;1-2-3;1-2;;/h7-14H,1-6H3;2H2,1H3;;;1H/q2*-1;;+2;/b15-14-;;;;. The fraction of sp³-hybridized carbons (Fsp3) is 0.455. The van der Waals surface area contributed by atoms with Crippen molar-refractivity contribution in [3.63, 3.8) is 0 Å². The van der Waals surface area contributed by atoms with Gasteiger partial charge in [0.25, 0.3) is 0 Å². The van der Waals surface area contributed by atoms with Gasteiger partial charge in [0.15, 0.2) is 0 Å². The number of allylic oxidation sites excluding steroid dienone is 3. The van der Waals surface area contributed by atoms with Crippen LogP contribution in [-0.4, -0.2) is 21.9 Å². The Hall–Kier alpha value is -1.08. The molecular weight excluding hydrogens is 456 g/mol. The van der Waals surface area contributed by atoms with E-state index in [1.807, 2.05) is 30.5 Å². The van der Waals surface area contributed by atoms with E-state index in [-0.39, 0.29) is 45.7 Å². The normalized spacial score (nSPS) is 14.5. The Balaban J connectivity index is -0.000000884. The van der Waals surface area contributed by atoms with E-state index >= 15 is 0 Å². The molecule has 0 aromatic carbocycles. The minimum atomic E-state index is -0.308. The van der Waals surface area contributed by atoms with Gasteiger partial charge in [0.05, 0.1) is 0 Å². The third kappa shape index (κ3) is 10.5. The zero-order valence-electron chi connectivity index (χ0n) is 17.8. The van der Waals surface area contributed by atoms with Crippen LogP contribution in [0.2, 0.25) is 0 Å². The minimum absolute atomic E-state index is 0. The molecule has 0 saturated carbocycles. The van der Waals surface area contributed by atoms with Gasteiger partial charge >= 0.3 is 30.8 Å². The predicted molar refractivity (Wildman–Crippen MR) is 116 cm³/mol. The Bertz CT molecular complexity index is 662. The van der Waals surface area contributed by atoms with Crippen molar-refractivity contribution in [2.45, 2.75) is 58.8 Å². The van der Waals surface area contributed by atoms with Crippen LogP contribution in [0.3, 0.4) is 0 Å². The maximum Gasteiger partial charge on any atom is 2.00 e. The van der Waals surface area contributed by atoms with Gasteiger partial charge in [0, 0.05) is 13.3 Å². The maximum absolute atomic E-state index is 8.93. The molecule has 0 bridgehead atoms. The van der Waals surface area contributed by atoms with Crippen molar-refractivity contribution in [1.29, 1.82) is 0 Å². The molecule has 2 rings (SSSR count). The second kappa shape index (κ2) is 14.0. The molecule has 0 radical (unpaired) electrons. The summed E-state index contributed by atoms with van der Waals surface area (Å²) in [6, 6.07) is 5.93. The Morgan fingerprint density at radius 3 is 2.14 bits per heavy atom. The van der Waals surface area contributed by atoms with Crippen LogP contribution in [0, 0.1) is 6.65 Å². The van der Waals surface area contributed by atoms with E-state index in [2.05, 4.69) is 71.1 Å². The molecule has 1 aromatic rings. The fourth-order valence-corrected chi connectivity index (χ4v) is 5.90. The van der Waals surface area contributed by atoms with Crippen LogP contribution < -0.4 is 5.11 Å². The van der Waals surface area contributed by atoms with Gasteiger partial charge in [-0.05, 0) is 22.4 Å². The number of pyridine rings is 1. The van der Waals surface area contributed by atoms with Crippen molar-refractivity contribution in [2.24, 2.45) is 0 Å². The number of rotatable bonds is 2. The predicted octanol–water partition coefficient (Wildman–Crippen LogP) is 5.86. The van der Waals surface area contributed by atoms with Crippen molar-refractivity contribution >= 4 is 13.6 Å². The molecule has 156 valence electrons. The molecule has 1 aliphatic heterocycles. The first kappa shape index (κ1) is 29.1. The summed E-state index contributed by atoms with van der Waals surface area (Å²) in [6.07, 6.45) is 8.00. The van der Waals surface area contributed by atoms with Crippen molar-refractivity contribution in [3.8, 4) is 0 Å². The van der Waals surface area contributed by atoms with E-state index < -0.39 is 0 Å². The molecule has 0 saturated heterocycles. The van der Waals surface area contributed by atoms with E-state index in [0.29, 0.717) is 0 Å². The largest absolute Gasteiger partial charge is 2.00 e. The van der Waals surface area contributed by atoms with Crippen molar-refractivity contribution in [2.75, 3.05) is 6.61 Å². The number of nitrogens with zero attached hydrogens (tertiary/aromatic N) is 2. The molecule has 0 amide bonds. The summed E-state index contributed by atoms with van der Waals surface area (Å²) in [5, 5.41) is 14.3. The van der Waals surface area contributed by atoms with Crippen LogP contribution in [-0.2, 0) is 24.1 Å². The van der Waals surface area contributed by atoms with Crippen LogP contribution in [0.25, 0.3) is 11.0 Å². The van der Waals surface area contributed by atoms with Gasteiger partial charge in [-0.2, -0.15) is 0 Å². The number of hydrogen-bond acceptors (Lipinski definition) is 2. The van der Waals surface area contributed by atoms with Crippen LogP contribution >= 0.6 is 7.92 Å². The fourth-order valence-electron chi connectivity index (χ4n) is 2.71. The van der Waals surface area contributed by atoms with E-state index in [9.17, 15) is 0 Å². The zero-order chi connectivity index (χ0) is 21.1. The molecule has 0 spiro atoms. The van der Waals surface area contributed by atoms with E-state index in [1.54, 1.807) is 6.92 Å². The van der Waals surface area contributed by atoms with E-state index in [4.69, 9.17) is 15.1 Å². The average molecular weight is 490 g/mol. The summed E-state index contributed by atoms with van der Waals surface area (Å²) < 4.78 is 7.50. The molecule has 6 heteroatoms. The van der Waals surface area contributed by atoms with Gasteiger partial charge in [-0.1, -0.05) is 86.5 Å². The van der Waals surface area contributed by atoms with Crippen molar-refractivity contribution in [1.82, 2.24) is 4.98 Å². The summed E-state index contributed by atoms with van der Waals surface area (Å²) in [7, 11) is -0.308. The molecule has 0 N–H and O–H groups in total. The van der Waals surface area contributed by atoms with Gasteiger partial charge in [-0.25, -0.2) is 0 Å². The van der Waals surface area contributed by atoms with Gasteiger partial charge in [-0.3, -0.25) is 4.98 Å².